The van der Waals surface area contributed by atoms with Crippen LogP contribution in [0.3, 0.4) is 0 Å². The molecule has 2 aromatic carbocycles. The molecule has 0 fully saturated rings. The van der Waals surface area contributed by atoms with E-state index in [9.17, 15) is 9.59 Å². The first-order chi connectivity index (χ1) is 14.0. The summed E-state index contributed by atoms with van der Waals surface area (Å²) in [5.74, 6) is 1.68. The van der Waals surface area contributed by atoms with Gasteiger partial charge in [0.15, 0.2) is 18.1 Å². The third kappa shape index (κ3) is 5.88. The van der Waals surface area contributed by atoms with Crippen LogP contribution in [0, 0.1) is 0 Å². The van der Waals surface area contributed by atoms with Crippen molar-refractivity contribution in [3.63, 3.8) is 0 Å². The number of hydrogen-bond acceptors (Lipinski definition) is 5. The van der Waals surface area contributed by atoms with Gasteiger partial charge in [0.25, 0.3) is 5.91 Å². The average molecular weight is 398 g/mol. The minimum atomic E-state index is -0.211. The normalized spacial score (nSPS) is 13.7. The summed E-state index contributed by atoms with van der Waals surface area (Å²) >= 11 is 0. The molecule has 2 amide bonds. The van der Waals surface area contributed by atoms with Crippen LogP contribution < -0.4 is 24.8 Å². The molecule has 0 bridgehead atoms. The molecular formula is C22H26N2O5. The number of likely N-dealkylation sites (N-methyl/N-ethyl adjacent to an activating group) is 1. The molecule has 1 atom stereocenters. The Morgan fingerprint density at radius 2 is 1.86 bits per heavy atom. The van der Waals surface area contributed by atoms with E-state index in [-0.39, 0.29) is 30.9 Å². The molecule has 0 aliphatic carbocycles. The third-order valence-electron chi connectivity index (χ3n) is 4.56. The van der Waals surface area contributed by atoms with Gasteiger partial charge < -0.3 is 24.8 Å². The lowest BCUT2D eigenvalue weighted by molar-refractivity contribution is -0.123. The van der Waals surface area contributed by atoms with Crippen molar-refractivity contribution >= 4 is 11.8 Å². The van der Waals surface area contributed by atoms with Crippen molar-refractivity contribution in [1.82, 2.24) is 10.6 Å². The van der Waals surface area contributed by atoms with Crippen LogP contribution in [0.2, 0.25) is 0 Å². The van der Waals surface area contributed by atoms with E-state index >= 15 is 0 Å². The summed E-state index contributed by atoms with van der Waals surface area (Å²) in [6.45, 7) is 3.13. The van der Waals surface area contributed by atoms with E-state index in [2.05, 4.69) is 10.6 Å². The maximum Gasteiger partial charge on any atom is 0.257 e. The number of benzene rings is 2. The Balaban J connectivity index is 1.58. The van der Waals surface area contributed by atoms with E-state index < -0.39 is 0 Å². The van der Waals surface area contributed by atoms with Crippen LogP contribution in [-0.4, -0.2) is 38.7 Å². The molecule has 2 N–H and O–H groups in total. The van der Waals surface area contributed by atoms with Gasteiger partial charge in [0, 0.05) is 13.5 Å². The summed E-state index contributed by atoms with van der Waals surface area (Å²) in [5.41, 5.74) is 1.76. The zero-order chi connectivity index (χ0) is 20.6. The highest BCUT2D eigenvalue weighted by Crippen LogP contribution is 2.32. The van der Waals surface area contributed by atoms with Crippen molar-refractivity contribution < 1.29 is 23.8 Å². The molecule has 0 saturated heterocycles. The second-order valence-corrected chi connectivity index (χ2v) is 6.83. The minimum absolute atomic E-state index is 0.0622. The largest absolute Gasteiger partial charge is 0.490 e. The Morgan fingerprint density at radius 1 is 1.07 bits per heavy atom. The zero-order valence-corrected chi connectivity index (χ0v) is 16.7. The summed E-state index contributed by atoms with van der Waals surface area (Å²) < 4.78 is 16.8. The van der Waals surface area contributed by atoms with Crippen LogP contribution in [0.25, 0.3) is 0 Å². The molecule has 7 heteroatoms. The van der Waals surface area contributed by atoms with Gasteiger partial charge in [0.05, 0.1) is 25.7 Å². The Morgan fingerprint density at radius 3 is 2.66 bits per heavy atom. The number of ether oxygens (including phenoxy) is 3. The van der Waals surface area contributed by atoms with Gasteiger partial charge in [-0.05, 0) is 42.3 Å². The van der Waals surface area contributed by atoms with Crippen LogP contribution in [0.1, 0.15) is 30.5 Å². The molecular weight excluding hydrogens is 372 g/mol. The van der Waals surface area contributed by atoms with Crippen molar-refractivity contribution in [3.05, 3.63) is 53.6 Å². The van der Waals surface area contributed by atoms with E-state index in [4.69, 9.17) is 14.2 Å². The first kappa shape index (κ1) is 20.5. The molecule has 0 spiro atoms. The number of amides is 2. The molecule has 0 saturated carbocycles. The molecule has 1 aliphatic heterocycles. The lowest BCUT2D eigenvalue weighted by Crippen LogP contribution is -2.28. The maximum atomic E-state index is 12.5. The zero-order valence-electron chi connectivity index (χ0n) is 16.7. The number of fused-ring (bicyclic) bond motifs is 1. The SMILES string of the molecule is CNC(=O)COc1cccc(CC(=O)NC(C)c2ccc3c(c2)OCCCO3)c1. The Labute approximate surface area is 170 Å². The topological polar surface area (TPSA) is 85.9 Å². The summed E-state index contributed by atoms with van der Waals surface area (Å²) in [7, 11) is 1.55. The number of rotatable bonds is 7. The quantitative estimate of drug-likeness (QED) is 0.748. The predicted octanol–water partition coefficient (Wildman–Crippen LogP) is 2.39. The molecule has 1 unspecified atom stereocenters. The predicted molar refractivity (Wildman–Crippen MR) is 108 cm³/mol. The van der Waals surface area contributed by atoms with Gasteiger partial charge in [-0.3, -0.25) is 9.59 Å². The number of nitrogens with one attached hydrogen (secondary N) is 2. The summed E-state index contributed by atoms with van der Waals surface area (Å²) in [5, 5.41) is 5.50. The van der Waals surface area contributed by atoms with Crippen molar-refractivity contribution in [2.24, 2.45) is 0 Å². The molecule has 29 heavy (non-hydrogen) atoms. The lowest BCUT2D eigenvalue weighted by atomic mass is 10.1. The van der Waals surface area contributed by atoms with Gasteiger partial charge in [-0.15, -0.1) is 0 Å². The highest BCUT2D eigenvalue weighted by molar-refractivity contribution is 5.79. The standard InChI is InChI=1S/C22H26N2O5/c1-15(17-7-8-19-20(13-17)28-10-4-9-27-19)24-21(25)12-16-5-3-6-18(11-16)29-14-22(26)23-2/h3,5-8,11,13,15H,4,9-10,12,14H2,1-2H3,(H,23,26)(H,24,25). The number of hydrogen-bond donors (Lipinski definition) is 2. The van der Waals surface area contributed by atoms with Crippen molar-refractivity contribution in [2.75, 3.05) is 26.9 Å². The average Bonchev–Trinajstić information content (AvgIpc) is 2.97. The number of carbonyl (C=O) groups excluding carboxylic acids is 2. The smallest absolute Gasteiger partial charge is 0.257 e. The van der Waals surface area contributed by atoms with E-state index in [1.165, 1.54) is 0 Å². The van der Waals surface area contributed by atoms with E-state index in [0.717, 1.165) is 23.3 Å². The minimum Gasteiger partial charge on any atom is -0.490 e. The van der Waals surface area contributed by atoms with Crippen LogP contribution in [0.15, 0.2) is 42.5 Å². The molecule has 1 aliphatic rings. The highest BCUT2D eigenvalue weighted by Gasteiger charge is 2.15. The molecule has 0 aromatic heterocycles. The lowest BCUT2D eigenvalue weighted by Gasteiger charge is -2.17. The second-order valence-electron chi connectivity index (χ2n) is 6.83. The summed E-state index contributed by atoms with van der Waals surface area (Å²) in [6, 6.07) is 12.7. The summed E-state index contributed by atoms with van der Waals surface area (Å²) in [4.78, 5) is 23.8. The van der Waals surface area contributed by atoms with E-state index in [0.29, 0.717) is 24.7 Å². The fourth-order valence-electron chi connectivity index (χ4n) is 2.98. The fraction of sp³-hybridized carbons (Fsp3) is 0.364. The fourth-order valence-corrected chi connectivity index (χ4v) is 2.98. The van der Waals surface area contributed by atoms with Gasteiger partial charge in [-0.2, -0.15) is 0 Å². The Bertz CT molecular complexity index is 868. The number of carbonyl (C=O) groups is 2. The molecule has 2 aromatic rings. The van der Waals surface area contributed by atoms with Crippen LogP contribution >= 0.6 is 0 Å². The molecule has 0 radical (unpaired) electrons. The Hall–Kier alpha value is -3.22. The van der Waals surface area contributed by atoms with Gasteiger partial charge in [0.2, 0.25) is 5.91 Å². The maximum absolute atomic E-state index is 12.5. The van der Waals surface area contributed by atoms with E-state index in [1.54, 1.807) is 25.2 Å². The van der Waals surface area contributed by atoms with E-state index in [1.807, 2.05) is 31.2 Å². The third-order valence-corrected chi connectivity index (χ3v) is 4.56. The van der Waals surface area contributed by atoms with Crippen molar-refractivity contribution in [2.45, 2.75) is 25.8 Å². The van der Waals surface area contributed by atoms with Crippen molar-refractivity contribution in [3.8, 4) is 17.2 Å². The first-order valence-electron chi connectivity index (χ1n) is 9.66. The van der Waals surface area contributed by atoms with Gasteiger partial charge in [-0.1, -0.05) is 18.2 Å². The molecule has 1 heterocycles. The van der Waals surface area contributed by atoms with Gasteiger partial charge in [0.1, 0.15) is 5.75 Å². The van der Waals surface area contributed by atoms with Crippen LogP contribution in [0.5, 0.6) is 17.2 Å². The monoisotopic (exact) mass is 398 g/mol. The van der Waals surface area contributed by atoms with Crippen molar-refractivity contribution in [1.29, 1.82) is 0 Å². The van der Waals surface area contributed by atoms with Gasteiger partial charge in [-0.25, -0.2) is 0 Å². The summed E-state index contributed by atoms with van der Waals surface area (Å²) in [6.07, 6.45) is 1.06. The highest BCUT2D eigenvalue weighted by atomic mass is 16.5. The molecule has 3 rings (SSSR count). The first-order valence-corrected chi connectivity index (χ1v) is 9.66. The van der Waals surface area contributed by atoms with Gasteiger partial charge >= 0.3 is 0 Å². The molecule has 7 nitrogen and oxygen atoms in total. The second kappa shape index (κ2) is 9.82. The Kier molecular flexibility index (Phi) is 6.94. The van der Waals surface area contributed by atoms with Crippen LogP contribution in [-0.2, 0) is 16.0 Å². The molecule has 154 valence electrons. The van der Waals surface area contributed by atoms with Crippen LogP contribution in [0.4, 0.5) is 0 Å².